The van der Waals surface area contributed by atoms with Gasteiger partial charge in [-0.3, -0.25) is 15.0 Å². The molecular weight excluding hydrogens is 372 g/mol. The third kappa shape index (κ3) is 3.54. The van der Waals surface area contributed by atoms with Crippen molar-refractivity contribution >= 4 is 46.6 Å². The summed E-state index contributed by atoms with van der Waals surface area (Å²) in [7, 11) is 0. The van der Waals surface area contributed by atoms with Crippen LogP contribution in [0.25, 0.3) is 11.2 Å². The van der Waals surface area contributed by atoms with E-state index in [0.717, 1.165) is 17.3 Å². The highest BCUT2D eigenvalue weighted by atomic mass is 32.2. The number of nitrogens with one attached hydrogen (secondary N) is 1. The standard InChI is InChI=1S/C17H14N4O3S2/c22-13(9-26-17-19-15-12(24-17)7-4-8-18-15)20-21-14(23)10-25-16(21)11-5-2-1-3-6-11/h1-8,16H,9-10H2,(H,20,22). The Morgan fingerprint density at radius 1 is 1.31 bits per heavy atom. The van der Waals surface area contributed by atoms with E-state index in [2.05, 4.69) is 15.4 Å². The molecule has 3 aromatic rings. The van der Waals surface area contributed by atoms with Gasteiger partial charge in [0.05, 0.1) is 11.5 Å². The molecule has 0 aliphatic carbocycles. The number of pyridine rings is 1. The van der Waals surface area contributed by atoms with Crippen molar-refractivity contribution in [2.24, 2.45) is 0 Å². The predicted molar refractivity (Wildman–Crippen MR) is 99.2 cm³/mol. The van der Waals surface area contributed by atoms with Crippen LogP contribution in [0, 0.1) is 0 Å². The molecule has 132 valence electrons. The zero-order valence-electron chi connectivity index (χ0n) is 13.5. The molecular formula is C17H14N4O3S2. The number of fused-ring (bicyclic) bond motifs is 1. The Labute approximate surface area is 157 Å². The second-order valence-electron chi connectivity index (χ2n) is 5.47. The third-order valence-corrected chi connectivity index (χ3v) is 5.71. The summed E-state index contributed by atoms with van der Waals surface area (Å²) >= 11 is 2.65. The van der Waals surface area contributed by atoms with E-state index in [1.54, 1.807) is 18.3 Å². The molecule has 1 aliphatic heterocycles. The Morgan fingerprint density at radius 2 is 2.15 bits per heavy atom. The summed E-state index contributed by atoms with van der Waals surface area (Å²) in [5.74, 6) is 0.0160. The van der Waals surface area contributed by atoms with Crippen LogP contribution < -0.4 is 5.43 Å². The number of hydrogen-bond donors (Lipinski definition) is 1. The first kappa shape index (κ1) is 16.9. The molecule has 3 heterocycles. The van der Waals surface area contributed by atoms with E-state index >= 15 is 0 Å². The van der Waals surface area contributed by atoms with Crippen LogP contribution in [0.3, 0.4) is 0 Å². The lowest BCUT2D eigenvalue weighted by Crippen LogP contribution is -2.45. The number of aromatic nitrogens is 2. The fourth-order valence-electron chi connectivity index (χ4n) is 2.51. The van der Waals surface area contributed by atoms with Crippen LogP contribution in [0.2, 0.25) is 0 Å². The van der Waals surface area contributed by atoms with Crippen molar-refractivity contribution in [3.63, 3.8) is 0 Å². The highest BCUT2D eigenvalue weighted by molar-refractivity contribution is 8.00. The number of thioether (sulfide) groups is 2. The van der Waals surface area contributed by atoms with Gasteiger partial charge in [0, 0.05) is 6.20 Å². The average Bonchev–Trinajstić information content (AvgIpc) is 3.24. The summed E-state index contributed by atoms with van der Waals surface area (Å²) in [6.45, 7) is 0. The minimum Gasteiger partial charge on any atom is -0.430 e. The van der Waals surface area contributed by atoms with Gasteiger partial charge in [-0.2, -0.15) is 4.98 Å². The van der Waals surface area contributed by atoms with Crippen molar-refractivity contribution in [1.82, 2.24) is 20.4 Å². The number of carbonyl (C=O) groups is 2. The van der Waals surface area contributed by atoms with Gasteiger partial charge >= 0.3 is 0 Å². The molecule has 0 radical (unpaired) electrons. The lowest BCUT2D eigenvalue weighted by molar-refractivity contribution is -0.138. The average molecular weight is 386 g/mol. The summed E-state index contributed by atoms with van der Waals surface area (Å²) in [5.41, 5.74) is 4.75. The van der Waals surface area contributed by atoms with Crippen LogP contribution in [0.15, 0.2) is 58.3 Å². The van der Waals surface area contributed by atoms with E-state index in [1.165, 1.54) is 16.8 Å². The number of rotatable bonds is 5. The molecule has 26 heavy (non-hydrogen) atoms. The zero-order valence-corrected chi connectivity index (χ0v) is 15.1. The van der Waals surface area contributed by atoms with E-state index in [4.69, 9.17) is 4.42 Å². The van der Waals surface area contributed by atoms with Gasteiger partial charge in [0.25, 0.3) is 11.1 Å². The normalized spacial score (nSPS) is 17.0. The van der Waals surface area contributed by atoms with E-state index in [1.807, 2.05) is 30.3 Å². The van der Waals surface area contributed by atoms with E-state index in [0.29, 0.717) is 22.2 Å². The summed E-state index contributed by atoms with van der Waals surface area (Å²) < 4.78 is 5.52. The van der Waals surface area contributed by atoms with E-state index < -0.39 is 0 Å². The molecule has 1 aromatic carbocycles. The van der Waals surface area contributed by atoms with Gasteiger partial charge in [-0.15, -0.1) is 11.8 Å². The molecule has 0 bridgehead atoms. The second-order valence-corrected chi connectivity index (χ2v) is 7.46. The smallest absolute Gasteiger partial charge is 0.258 e. The molecule has 7 nitrogen and oxygen atoms in total. The molecule has 0 spiro atoms. The van der Waals surface area contributed by atoms with E-state index in [9.17, 15) is 9.59 Å². The molecule has 1 N–H and O–H groups in total. The maximum atomic E-state index is 12.3. The van der Waals surface area contributed by atoms with Crippen LogP contribution in [0.4, 0.5) is 0 Å². The molecule has 1 fully saturated rings. The first-order valence-corrected chi connectivity index (χ1v) is 9.86. The minimum absolute atomic E-state index is 0.0861. The number of hydrogen-bond acceptors (Lipinski definition) is 7. The van der Waals surface area contributed by atoms with Crippen LogP contribution in [-0.4, -0.2) is 38.3 Å². The number of carbonyl (C=O) groups excluding carboxylic acids is 2. The van der Waals surface area contributed by atoms with Gasteiger partial charge in [0.15, 0.2) is 11.2 Å². The first-order chi connectivity index (χ1) is 12.7. The summed E-state index contributed by atoms with van der Waals surface area (Å²) in [6.07, 6.45) is 1.63. The zero-order chi connectivity index (χ0) is 17.9. The number of benzene rings is 1. The van der Waals surface area contributed by atoms with Gasteiger partial charge in [-0.1, -0.05) is 42.1 Å². The summed E-state index contributed by atoms with van der Waals surface area (Å²) in [6, 6.07) is 13.1. The molecule has 1 unspecified atom stereocenters. The monoisotopic (exact) mass is 386 g/mol. The lowest BCUT2D eigenvalue weighted by Gasteiger charge is -2.24. The molecule has 2 aromatic heterocycles. The van der Waals surface area contributed by atoms with Gasteiger partial charge in [-0.25, -0.2) is 9.99 Å². The van der Waals surface area contributed by atoms with Gasteiger partial charge in [-0.05, 0) is 17.7 Å². The Kier molecular flexibility index (Phi) is 4.81. The van der Waals surface area contributed by atoms with Crippen molar-refractivity contribution < 1.29 is 14.0 Å². The number of oxazole rings is 1. The highest BCUT2D eigenvalue weighted by Gasteiger charge is 2.34. The molecule has 2 amide bonds. The Balaban J connectivity index is 1.39. The van der Waals surface area contributed by atoms with Crippen LogP contribution in [-0.2, 0) is 9.59 Å². The molecule has 1 saturated heterocycles. The quantitative estimate of drug-likeness (QED) is 0.674. The SMILES string of the molecule is O=C(CSc1nc2ncccc2o1)NN1C(=O)CSC1c1ccccc1. The predicted octanol–water partition coefficient (Wildman–Crippen LogP) is 2.62. The van der Waals surface area contributed by atoms with Gasteiger partial charge in [0.1, 0.15) is 5.37 Å². The molecule has 1 aliphatic rings. The Hall–Kier alpha value is -2.52. The van der Waals surface area contributed by atoms with E-state index in [-0.39, 0.29) is 22.9 Å². The Morgan fingerprint density at radius 3 is 2.96 bits per heavy atom. The van der Waals surface area contributed by atoms with Crippen LogP contribution in [0.1, 0.15) is 10.9 Å². The highest BCUT2D eigenvalue weighted by Crippen LogP contribution is 2.37. The fraction of sp³-hybridized carbons (Fsp3) is 0.176. The van der Waals surface area contributed by atoms with Crippen molar-refractivity contribution in [3.8, 4) is 0 Å². The number of hydrazine groups is 1. The topological polar surface area (TPSA) is 88.3 Å². The molecule has 1 atom stereocenters. The van der Waals surface area contributed by atoms with Crippen LogP contribution in [0.5, 0.6) is 0 Å². The van der Waals surface area contributed by atoms with Gasteiger partial charge in [0.2, 0.25) is 5.91 Å². The summed E-state index contributed by atoms with van der Waals surface area (Å²) in [4.78, 5) is 32.7. The third-order valence-electron chi connectivity index (χ3n) is 3.67. The van der Waals surface area contributed by atoms with Crippen molar-refractivity contribution in [2.75, 3.05) is 11.5 Å². The van der Waals surface area contributed by atoms with Crippen molar-refractivity contribution in [2.45, 2.75) is 10.6 Å². The molecule has 9 heteroatoms. The number of nitrogens with zero attached hydrogens (tertiary/aromatic N) is 3. The second kappa shape index (κ2) is 7.38. The maximum absolute atomic E-state index is 12.3. The summed E-state index contributed by atoms with van der Waals surface area (Å²) in [5, 5.41) is 1.55. The minimum atomic E-state index is -0.290. The number of amides is 2. The molecule has 0 saturated carbocycles. The van der Waals surface area contributed by atoms with Crippen molar-refractivity contribution in [1.29, 1.82) is 0 Å². The maximum Gasteiger partial charge on any atom is 0.258 e. The first-order valence-electron chi connectivity index (χ1n) is 7.83. The largest absolute Gasteiger partial charge is 0.430 e. The Bertz CT molecular complexity index is 914. The lowest BCUT2D eigenvalue weighted by atomic mass is 10.2. The molecule has 4 rings (SSSR count). The van der Waals surface area contributed by atoms with Crippen molar-refractivity contribution in [3.05, 3.63) is 54.2 Å². The van der Waals surface area contributed by atoms with Gasteiger partial charge < -0.3 is 4.42 Å². The fourth-order valence-corrected chi connectivity index (χ4v) is 4.24. The van der Waals surface area contributed by atoms with Crippen LogP contribution >= 0.6 is 23.5 Å².